The first-order valence-electron chi connectivity index (χ1n) is 7.13. The highest BCUT2D eigenvalue weighted by atomic mass is 16.3. The molecular weight excluding hydrogens is 236 g/mol. The Bertz CT molecular complexity index is 525. The van der Waals surface area contributed by atoms with Crippen LogP contribution in [0.1, 0.15) is 39.0 Å². The predicted octanol–water partition coefficient (Wildman–Crippen LogP) is 4.32. The molecule has 0 aliphatic heterocycles. The fraction of sp³-hybridized carbons (Fsp3) is 0.438. The first-order chi connectivity index (χ1) is 9.33. The third kappa shape index (κ3) is 3.60. The van der Waals surface area contributed by atoms with E-state index in [1.165, 1.54) is 32.1 Å². The Balaban J connectivity index is 1.96. The number of nitrogens with zero attached hydrogens (tertiary/aromatic N) is 1. The lowest BCUT2D eigenvalue weighted by atomic mass is 10.1. The average molecular weight is 258 g/mol. The summed E-state index contributed by atoms with van der Waals surface area (Å²) in [6.45, 7) is 3.20. The minimum atomic E-state index is 0.240. The molecule has 3 heteroatoms. The van der Waals surface area contributed by atoms with Crippen molar-refractivity contribution in [1.82, 2.24) is 4.98 Å². The van der Waals surface area contributed by atoms with Gasteiger partial charge in [0.25, 0.3) is 0 Å². The summed E-state index contributed by atoms with van der Waals surface area (Å²) in [5.41, 5.74) is 1.72. The van der Waals surface area contributed by atoms with Crippen LogP contribution >= 0.6 is 0 Å². The van der Waals surface area contributed by atoms with Crippen LogP contribution in [0.2, 0.25) is 0 Å². The fourth-order valence-electron chi connectivity index (χ4n) is 2.26. The number of benzene rings is 1. The lowest BCUT2D eigenvalue weighted by Crippen LogP contribution is -2.02. The van der Waals surface area contributed by atoms with Gasteiger partial charge in [-0.15, -0.1) is 0 Å². The number of hydrogen-bond acceptors (Lipinski definition) is 3. The maximum absolute atomic E-state index is 9.77. The zero-order valence-corrected chi connectivity index (χ0v) is 11.5. The van der Waals surface area contributed by atoms with E-state index in [1.54, 1.807) is 12.3 Å². The summed E-state index contributed by atoms with van der Waals surface area (Å²) in [6, 6.07) is 7.51. The van der Waals surface area contributed by atoms with E-state index in [0.29, 0.717) is 5.52 Å². The van der Waals surface area contributed by atoms with Crippen molar-refractivity contribution < 1.29 is 5.11 Å². The van der Waals surface area contributed by atoms with E-state index >= 15 is 0 Å². The molecule has 1 aromatic heterocycles. The van der Waals surface area contributed by atoms with Gasteiger partial charge in [0.1, 0.15) is 11.3 Å². The average Bonchev–Trinajstić information content (AvgIpc) is 2.45. The molecule has 0 amide bonds. The number of phenols is 1. The number of aromatic nitrogens is 1. The largest absolute Gasteiger partial charge is 0.506 e. The van der Waals surface area contributed by atoms with Gasteiger partial charge in [0, 0.05) is 23.8 Å². The monoisotopic (exact) mass is 258 g/mol. The van der Waals surface area contributed by atoms with Crippen LogP contribution in [-0.2, 0) is 0 Å². The Morgan fingerprint density at radius 2 is 1.95 bits per heavy atom. The number of phenolic OH excluding ortho intramolecular Hbond substituents is 1. The number of pyridine rings is 1. The molecule has 2 aromatic rings. The zero-order valence-electron chi connectivity index (χ0n) is 11.5. The van der Waals surface area contributed by atoms with Gasteiger partial charge in [-0.1, -0.05) is 32.6 Å². The second kappa shape index (κ2) is 6.98. The molecule has 0 saturated carbocycles. The van der Waals surface area contributed by atoms with Crippen LogP contribution in [0.3, 0.4) is 0 Å². The topological polar surface area (TPSA) is 45.1 Å². The van der Waals surface area contributed by atoms with Crippen LogP contribution in [0.15, 0.2) is 30.5 Å². The third-order valence-corrected chi connectivity index (χ3v) is 3.34. The minimum absolute atomic E-state index is 0.240. The Labute approximate surface area is 114 Å². The van der Waals surface area contributed by atoms with Crippen molar-refractivity contribution in [2.45, 2.75) is 39.0 Å². The van der Waals surface area contributed by atoms with Gasteiger partial charge < -0.3 is 10.4 Å². The van der Waals surface area contributed by atoms with Crippen molar-refractivity contribution in [2.24, 2.45) is 0 Å². The number of fused-ring (bicyclic) bond motifs is 1. The van der Waals surface area contributed by atoms with Crippen molar-refractivity contribution in [3.05, 3.63) is 30.5 Å². The van der Waals surface area contributed by atoms with Crippen molar-refractivity contribution in [2.75, 3.05) is 11.9 Å². The van der Waals surface area contributed by atoms with E-state index in [-0.39, 0.29) is 5.75 Å². The molecule has 1 heterocycles. The van der Waals surface area contributed by atoms with E-state index in [0.717, 1.165) is 17.6 Å². The number of nitrogens with one attached hydrogen (secondary N) is 1. The van der Waals surface area contributed by atoms with Gasteiger partial charge in [-0.2, -0.15) is 0 Å². The molecule has 19 heavy (non-hydrogen) atoms. The lowest BCUT2D eigenvalue weighted by Gasteiger charge is -2.10. The first-order valence-corrected chi connectivity index (χ1v) is 7.13. The van der Waals surface area contributed by atoms with Crippen LogP contribution in [0.4, 0.5) is 5.69 Å². The Morgan fingerprint density at radius 3 is 2.79 bits per heavy atom. The van der Waals surface area contributed by atoms with Crippen LogP contribution in [0.5, 0.6) is 5.75 Å². The van der Waals surface area contributed by atoms with Crippen LogP contribution < -0.4 is 5.32 Å². The summed E-state index contributed by atoms with van der Waals surface area (Å²) in [4.78, 5) is 4.22. The van der Waals surface area contributed by atoms with E-state index < -0.39 is 0 Å². The van der Waals surface area contributed by atoms with E-state index in [2.05, 4.69) is 17.2 Å². The molecule has 0 atom stereocenters. The summed E-state index contributed by atoms with van der Waals surface area (Å²) < 4.78 is 0. The molecule has 1 aromatic carbocycles. The Hall–Kier alpha value is -1.77. The number of aromatic hydroxyl groups is 1. The van der Waals surface area contributed by atoms with Gasteiger partial charge in [-0.3, -0.25) is 4.98 Å². The summed E-state index contributed by atoms with van der Waals surface area (Å²) in [7, 11) is 0. The highest BCUT2D eigenvalue weighted by Gasteiger charge is 2.05. The van der Waals surface area contributed by atoms with Crippen molar-refractivity contribution in [1.29, 1.82) is 0 Å². The molecule has 0 spiro atoms. The molecule has 2 N–H and O–H groups in total. The Kier molecular flexibility index (Phi) is 5.01. The van der Waals surface area contributed by atoms with Crippen LogP contribution in [0, 0.1) is 0 Å². The molecule has 0 bridgehead atoms. The van der Waals surface area contributed by atoms with Crippen molar-refractivity contribution in [3.63, 3.8) is 0 Å². The van der Waals surface area contributed by atoms with Gasteiger partial charge in [0.05, 0.1) is 0 Å². The van der Waals surface area contributed by atoms with Crippen molar-refractivity contribution in [3.8, 4) is 5.75 Å². The maximum atomic E-state index is 9.77. The van der Waals surface area contributed by atoms with Crippen molar-refractivity contribution >= 4 is 16.6 Å². The van der Waals surface area contributed by atoms with Gasteiger partial charge in [0.15, 0.2) is 0 Å². The van der Waals surface area contributed by atoms with Gasteiger partial charge in [-0.25, -0.2) is 0 Å². The molecule has 102 valence electrons. The molecular formula is C16H22N2O. The zero-order chi connectivity index (χ0) is 13.5. The quantitative estimate of drug-likeness (QED) is 0.574. The first kappa shape index (κ1) is 13.7. The number of anilines is 1. The molecule has 2 rings (SSSR count). The number of rotatable bonds is 7. The molecule has 0 radical (unpaired) electrons. The summed E-state index contributed by atoms with van der Waals surface area (Å²) in [5, 5.41) is 14.2. The second-order valence-electron chi connectivity index (χ2n) is 4.87. The summed E-state index contributed by atoms with van der Waals surface area (Å²) >= 11 is 0. The number of unbranched alkanes of at least 4 members (excludes halogenated alkanes) is 4. The van der Waals surface area contributed by atoms with Gasteiger partial charge in [0.2, 0.25) is 0 Å². The predicted molar refractivity (Wildman–Crippen MR) is 80.7 cm³/mol. The molecule has 0 aliphatic rings. The molecule has 3 nitrogen and oxygen atoms in total. The van der Waals surface area contributed by atoms with Crippen LogP contribution in [0.25, 0.3) is 10.9 Å². The fourth-order valence-corrected chi connectivity index (χ4v) is 2.26. The van der Waals surface area contributed by atoms with Gasteiger partial charge in [-0.05, 0) is 30.7 Å². The standard InChI is InChI=1S/C16H22N2O/c1-2-3-4-5-6-11-17-14-9-10-15(19)16-13(14)8-7-12-18-16/h7-10,12,17,19H,2-6,11H2,1H3. The molecule has 0 saturated heterocycles. The smallest absolute Gasteiger partial charge is 0.141 e. The normalized spacial score (nSPS) is 10.8. The van der Waals surface area contributed by atoms with E-state index in [1.807, 2.05) is 18.2 Å². The summed E-state index contributed by atoms with van der Waals surface area (Å²) in [6.07, 6.45) is 8.08. The second-order valence-corrected chi connectivity index (χ2v) is 4.87. The maximum Gasteiger partial charge on any atom is 0.141 e. The summed E-state index contributed by atoms with van der Waals surface area (Å²) in [5.74, 6) is 0.240. The lowest BCUT2D eigenvalue weighted by molar-refractivity contribution is 0.480. The van der Waals surface area contributed by atoms with Gasteiger partial charge >= 0.3 is 0 Å². The molecule has 0 aliphatic carbocycles. The SMILES string of the molecule is CCCCCCCNc1ccc(O)c2ncccc12. The molecule has 0 fully saturated rings. The van der Waals surface area contributed by atoms with E-state index in [9.17, 15) is 5.11 Å². The Morgan fingerprint density at radius 1 is 1.11 bits per heavy atom. The number of hydrogen-bond donors (Lipinski definition) is 2. The van der Waals surface area contributed by atoms with E-state index in [4.69, 9.17) is 0 Å². The van der Waals surface area contributed by atoms with Crippen LogP contribution in [-0.4, -0.2) is 16.6 Å². The minimum Gasteiger partial charge on any atom is -0.506 e. The highest BCUT2D eigenvalue weighted by Crippen LogP contribution is 2.28. The highest BCUT2D eigenvalue weighted by molar-refractivity contribution is 5.94. The molecule has 0 unspecified atom stereocenters. The third-order valence-electron chi connectivity index (χ3n) is 3.34.